The van der Waals surface area contributed by atoms with Crippen LogP contribution < -0.4 is 11.0 Å². The van der Waals surface area contributed by atoms with Crippen LogP contribution in [0, 0.1) is 11.8 Å². The van der Waals surface area contributed by atoms with Crippen molar-refractivity contribution in [2.45, 2.75) is 64.1 Å². The summed E-state index contributed by atoms with van der Waals surface area (Å²) in [5.74, 6) is 1.19. The lowest BCUT2D eigenvalue weighted by atomic mass is 9.68. The van der Waals surface area contributed by atoms with Crippen LogP contribution in [0.4, 0.5) is 0 Å². The fourth-order valence-corrected chi connectivity index (χ4v) is 6.99. The lowest BCUT2D eigenvalue weighted by Crippen LogP contribution is -2.36. The standard InChI is InChI=1S/C13H29N2O9P3/c1-2-3-4-10-5-7-12(10)13-8-6-11(22-13)9-21-27(19,20)24-26(15,18)23-25(14,16)17/h10-13H,2-9H2,1H3,(H2,15,18)(H,19,20)(H3,14,16,17)/t10-,11+,12?,13-,26?/m1/s1. The predicted molar refractivity (Wildman–Crippen MR) is 97.4 cm³/mol. The van der Waals surface area contributed by atoms with Gasteiger partial charge in [0.1, 0.15) is 0 Å². The van der Waals surface area contributed by atoms with E-state index in [0.717, 1.165) is 12.8 Å². The van der Waals surface area contributed by atoms with Crippen molar-refractivity contribution in [3.05, 3.63) is 0 Å². The van der Waals surface area contributed by atoms with Gasteiger partial charge in [-0.05, 0) is 37.5 Å². The molecule has 0 amide bonds. The number of hydrogen-bond acceptors (Lipinski definition) is 7. The van der Waals surface area contributed by atoms with Crippen molar-refractivity contribution in [2.75, 3.05) is 6.61 Å². The van der Waals surface area contributed by atoms with E-state index in [4.69, 9.17) is 19.7 Å². The molecule has 0 aromatic carbocycles. The van der Waals surface area contributed by atoms with Crippen LogP contribution in [0.1, 0.15) is 51.9 Å². The Hall–Kier alpha value is 0.370. The average Bonchev–Trinajstić information content (AvgIpc) is 2.89. The van der Waals surface area contributed by atoms with E-state index in [2.05, 4.69) is 21.0 Å². The van der Waals surface area contributed by atoms with Gasteiger partial charge in [0.2, 0.25) is 0 Å². The van der Waals surface area contributed by atoms with Gasteiger partial charge in [-0.2, -0.15) is 4.31 Å². The monoisotopic (exact) mass is 450 g/mol. The molecule has 2 rings (SSSR count). The summed E-state index contributed by atoms with van der Waals surface area (Å²) in [5, 5.41) is 0. The first kappa shape index (κ1) is 23.6. The Labute approximate surface area is 158 Å². The second-order valence-corrected chi connectivity index (χ2v) is 11.8. The summed E-state index contributed by atoms with van der Waals surface area (Å²) in [5.41, 5.74) is 9.61. The smallest absolute Gasteiger partial charge is 0.372 e. The molecular formula is C13H29N2O9P3. The lowest BCUT2D eigenvalue weighted by molar-refractivity contribution is -0.0552. The first-order valence-corrected chi connectivity index (χ1v) is 13.7. The number of phosphoric ester groups is 1. The van der Waals surface area contributed by atoms with E-state index in [1.807, 2.05) is 0 Å². The summed E-state index contributed by atoms with van der Waals surface area (Å²) in [6.45, 7) is 1.90. The number of phosphoric acid groups is 1. The first-order chi connectivity index (χ1) is 12.4. The highest BCUT2D eigenvalue weighted by Gasteiger charge is 2.42. The number of unbranched alkanes of at least 4 members (excludes halogenated alkanes) is 1. The van der Waals surface area contributed by atoms with Crippen molar-refractivity contribution in [1.82, 2.24) is 0 Å². The Bertz CT molecular complexity index is 643. The Morgan fingerprint density at radius 2 is 1.78 bits per heavy atom. The molecule has 4 unspecified atom stereocenters. The Balaban J connectivity index is 1.77. The van der Waals surface area contributed by atoms with E-state index in [0.29, 0.717) is 18.3 Å². The molecule has 0 radical (unpaired) electrons. The maximum Gasteiger partial charge on any atom is 0.480 e. The molecule has 11 nitrogen and oxygen atoms in total. The highest BCUT2D eigenvalue weighted by Crippen LogP contribution is 2.63. The van der Waals surface area contributed by atoms with Crippen molar-refractivity contribution in [2.24, 2.45) is 22.8 Å². The molecule has 1 aliphatic heterocycles. The highest BCUT2D eigenvalue weighted by atomic mass is 31.3. The number of hydrogen-bond donors (Lipinski definition) is 4. The van der Waals surface area contributed by atoms with Crippen molar-refractivity contribution in [3.8, 4) is 0 Å². The quantitative estimate of drug-likeness (QED) is 0.340. The van der Waals surface area contributed by atoms with Gasteiger partial charge in [-0.3, -0.25) is 4.52 Å². The van der Waals surface area contributed by atoms with Crippen molar-refractivity contribution in [1.29, 1.82) is 0 Å². The highest BCUT2D eigenvalue weighted by molar-refractivity contribution is 7.69. The van der Waals surface area contributed by atoms with Gasteiger partial charge in [0.25, 0.3) is 0 Å². The van der Waals surface area contributed by atoms with Crippen molar-refractivity contribution in [3.63, 3.8) is 0 Å². The minimum absolute atomic E-state index is 0.106. The minimum atomic E-state index is -4.90. The average molecular weight is 450 g/mol. The molecule has 1 heterocycles. The zero-order valence-corrected chi connectivity index (χ0v) is 17.9. The summed E-state index contributed by atoms with van der Waals surface area (Å²) in [7, 11) is -14.5. The molecule has 14 heteroatoms. The van der Waals surface area contributed by atoms with Gasteiger partial charge in [0, 0.05) is 0 Å². The zero-order chi connectivity index (χ0) is 20.3. The summed E-state index contributed by atoms with van der Waals surface area (Å²) in [6.07, 6.45) is 7.12. The molecule has 7 atom stereocenters. The predicted octanol–water partition coefficient (Wildman–Crippen LogP) is 3.03. The van der Waals surface area contributed by atoms with Gasteiger partial charge in [0.15, 0.2) is 0 Å². The van der Waals surface area contributed by atoms with Gasteiger partial charge < -0.3 is 14.5 Å². The van der Waals surface area contributed by atoms with Gasteiger partial charge in [-0.25, -0.2) is 29.0 Å². The third-order valence-corrected chi connectivity index (χ3v) is 8.95. The normalized spacial score (nSPS) is 35.0. The van der Waals surface area contributed by atoms with Crippen LogP contribution in [0.2, 0.25) is 0 Å². The SMILES string of the molecule is CCCC[C@@H]1CCC1[C@H]1CC[C@@H](COP(=O)(O)OP(N)(=O)OP(N)(=O)O)O1. The Kier molecular flexibility index (Phi) is 8.28. The van der Waals surface area contributed by atoms with Gasteiger partial charge in [0.05, 0.1) is 18.8 Å². The molecule has 27 heavy (non-hydrogen) atoms. The van der Waals surface area contributed by atoms with E-state index >= 15 is 0 Å². The lowest BCUT2D eigenvalue weighted by Gasteiger charge is -2.40. The Morgan fingerprint density at radius 3 is 2.33 bits per heavy atom. The zero-order valence-electron chi connectivity index (χ0n) is 15.2. The number of ether oxygens (including phenoxy) is 1. The molecule has 2 fully saturated rings. The van der Waals surface area contributed by atoms with Gasteiger partial charge in [-0.15, -0.1) is 0 Å². The van der Waals surface area contributed by atoms with Crippen molar-refractivity contribution < 1.29 is 41.4 Å². The summed E-state index contributed by atoms with van der Waals surface area (Å²) < 4.78 is 53.1. The van der Waals surface area contributed by atoms with Crippen molar-refractivity contribution >= 4 is 23.3 Å². The fourth-order valence-electron chi connectivity index (χ4n) is 3.60. The molecule has 0 bridgehead atoms. The maximum absolute atomic E-state index is 11.8. The van der Waals surface area contributed by atoms with Crippen LogP contribution in [-0.4, -0.2) is 28.6 Å². The van der Waals surface area contributed by atoms with E-state index in [-0.39, 0.29) is 12.7 Å². The Morgan fingerprint density at radius 1 is 1.07 bits per heavy atom. The fraction of sp³-hybridized carbons (Fsp3) is 1.00. The molecule has 0 spiro atoms. The van der Waals surface area contributed by atoms with Crippen LogP contribution in [0.15, 0.2) is 0 Å². The summed E-state index contributed by atoms with van der Waals surface area (Å²) >= 11 is 0. The minimum Gasteiger partial charge on any atom is -0.372 e. The third kappa shape index (κ3) is 7.96. The van der Waals surface area contributed by atoms with Crippen LogP contribution in [0.25, 0.3) is 0 Å². The molecule has 1 saturated heterocycles. The van der Waals surface area contributed by atoms with E-state index < -0.39 is 29.4 Å². The topological polar surface area (TPSA) is 181 Å². The molecule has 2 aliphatic rings. The molecule has 1 saturated carbocycles. The van der Waals surface area contributed by atoms with Gasteiger partial charge in [-0.1, -0.05) is 26.2 Å². The molecule has 6 N–H and O–H groups in total. The van der Waals surface area contributed by atoms with E-state index in [1.54, 1.807) is 0 Å². The molecule has 1 aliphatic carbocycles. The van der Waals surface area contributed by atoms with Gasteiger partial charge >= 0.3 is 23.3 Å². The second kappa shape index (κ2) is 9.45. The maximum atomic E-state index is 11.8. The number of nitrogens with two attached hydrogens (primary N) is 2. The van der Waals surface area contributed by atoms with Crippen LogP contribution >= 0.6 is 23.3 Å². The molecule has 160 valence electrons. The molecule has 0 aromatic heterocycles. The summed E-state index contributed by atoms with van der Waals surface area (Å²) in [6, 6.07) is 0. The van der Waals surface area contributed by atoms with Crippen LogP contribution in [-0.2, 0) is 31.6 Å². The number of rotatable bonds is 11. The molecule has 0 aromatic rings. The van der Waals surface area contributed by atoms with E-state index in [1.165, 1.54) is 25.7 Å². The van der Waals surface area contributed by atoms with Crippen LogP contribution in [0.3, 0.4) is 0 Å². The summed E-state index contributed by atoms with van der Waals surface area (Å²) in [4.78, 5) is 18.4. The largest absolute Gasteiger partial charge is 0.480 e. The van der Waals surface area contributed by atoms with E-state index in [9.17, 15) is 18.6 Å². The first-order valence-electron chi connectivity index (χ1n) is 8.96. The van der Waals surface area contributed by atoms with Crippen LogP contribution in [0.5, 0.6) is 0 Å². The molecular weight excluding hydrogens is 421 g/mol. The third-order valence-electron chi connectivity index (χ3n) is 4.89. The second-order valence-electron chi connectivity index (χ2n) is 7.05.